The van der Waals surface area contributed by atoms with Gasteiger partial charge in [0.1, 0.15) is 12.1 Å². The van der Waals surface area contributed by atoms with Crippen molar-refractivity contribution in [2.45, 2.75) is 30.3 Å². The lowest BCUT2D eigenvalue weighted by molar-refractivity contribution is -0.143. The van der Waals surface area contributed by atoms with Gasteiger partial charge < -0.3 is 9.80 Å². The zero-order valence-electron chi connectivity index (χ0n) is 17.1. The molecule has 0 saturated carbocycles. The van der Waals surface area contributed by atoms with Crippen molar-refractivity contribution in [1.82, 2.24) is 14.5 Å². The van der Waals surface area contributed by atoms with Crippen LogP contribution in [0.25, 0.3) is 10.8 Å². The highest BCUT2D eigenvalue weighted by molar-refractivity contribution is 7.99. The van der Waals surface area contributed by atoms with Crippen molar-refractivity contribution in [2.75, 3.05) is 31.1 Å². The third-order valence-corrected chi connectivity index (χ3v) is 8.42. The van der Waals surface area contributed by atoms with E-state index in [2.05, 4.69) is 4.72 Å². The van der Waals surface area contributed by atoms with E-state index in [1.54, 1.807) is 42.2 Å². The van der Waals surface area contributed by atoms with Gasteiger partial charge in [-0.2, -0.15) is 16.5 Å². The highest BCUT2D eigenvalue weighted by atomic mass is 35.5. The van der Waals surface area contributed by atoms with Crippen molar-refractivity contribution in [3.63, 3.8) is 0 Å². The molecule has 2 aliphatic rings. The zero-order valence-corrected chi connectivity index (χ0v) is 19.5. The van der Waals surface area contributed by atoms with Gasteiger partial charge in [-0.05, 0) is 48.4 Å². The Morgan fingerprint density at radius 3 is 2.55 bits per heavy atom. The van der Waals surface area contributed by atoms with Gasteiger partial charge in [0.2, 0.25) is 21.8 Å². The number of nitrogens with one attached hydrogen (secondary N) is 1. The number of amides is 2. The van der Waals surface area contributed by atoms with Gasteiger partial charge in [-0.1, -0.05) is 23.7 Å². The van der Waals surface area contributed by atoms with E-state index in [1.165, 1.54) is 11.0 Å². The van der Waals surface area contributed by atoms with Gasteiger partial charge in [-0.15, -0.1) is 0 Å². The molecule has 2 aromatic rings. The maximum atomic E-state index is 12.9. The number of fused-ring (bicyclic) bond motifs is 1. The molecule has 0 aliphatic carbocycles. The first-order chi connectivity index (χ1) is 14.8. The quantitative estimate of drug-likeness (QED) is 0.708. The summed E-state index contributed by atoms with van der Waals surface area (Å²) < 4.78 is 28.4. The summed E-state index contributed by atoms with van der Waals surface area (Å²) in [7, 11) is -3.90. The first-order valence-corrected chi connectivity index (χ1v) is 13.2. The van der Waals surface area contributed by atoms with Crippen LogP contribution < -0.4 is 4.72 Å². The number of hydrogen-bond acceptors (Lipinski definition) is 5. The Balaban J connectivity index is 1.46. The van der Waals surface area contributed by atoms with Gasteiger partial charge in [-0.25, -0.2) is 8.42 Å². The molecular weight excluding hydrogens is 458 g/mol. The number of rotatable bonds is 5. The van der Waals surface area contributed by atoms with Gasteiger partial charge in [0.15, 0.2) is 0 Å². The summed E-state index contributed by atoms with van der Waals surface area (Å²) >= 11 is 7.80. The van der Waals surface area contributed by atoms with Gasteiger partial charge >= 0.3 is 0 Å². The molecule has 0 radical (unpaired) electrons. The summed E-state index contributed by atoms with van der Waals surface area (Å²) in [6, 6.07) is 8.49. The normalized spacial score (nSPS) is 21.0. The molecule has 2 saturated heterocycles. The molecule has 31 heavy (non-hydrogen) atoms. The molecule has 0 spiro atoms. The Morgan fingerprint density at radius 1 is 1.13 bits per heavy atom. The van der Waals surface area contributed by atoms with Gasteiger partial charge in [0.25, 0.3) is 0 Å². The first-order valence-electron chi connectivity index (χ1n) is 10.1. The van der Waals surface area contributed by atoms with E-state index < -0.39 is 22.1 Å². The van der Waals surface area contributed by atoms with Crippen LogP contribution in [-0.2, 0) is 19.6 Å². The van der Waals surface area contributed by atoms with Crippen LogP contribution in [-0.4, -0.2) is 73.3 Å². The molecule has 2 atom stereocenters. The average molecular weight is 482 g/mol. The van der Waals surface area contributed by atoms with E-state index in [0.29, 0.717) is 31.1 Å². The van der Waals surface area contributed by atoms with Crippen molar-refractivity contribution in [1.29, 1.82) is 0 Å². The number of hydrogen-bond donors (Lipinski definition) is 1. The Hall–Kier alpha value is -1.81. The van der Waals surface area contributed by atoms with E-state index in [4.69, 9.17) is 11.6 Å². The van der Waals surface area contributed by atoms with Crippen molar-refractivity contribution in [3.8, 4) is 0 Å². The van der Waals surface area contributed by atoms with E-state index in [0.717, 1.165) is 22.3 Å². The molecule has 2 amide bonds. The minimum Gasteiger partial charge on any atom is -0.339 e. The molecule has 166 valence electrons. The number of carbonyl (C=O) groups excluding carboxylic acids is 2. The summed E-state index contributed by atoms with van der Waals surface area (Å²) in [6.07, 6.45) is 0.328. The average Bonchev–Trinajstić information content (AvgIpc) is 3.12. The standard InChI is InChI=1S/C21H24ClN3O4S2/c1-14(20(26)24-8-10-30-11-9-24)25-7-6-19(21(25)27)23-31(28,29)18-5-3-15-12-17(22)4-2-16(15)13-18/h2-5,12-14,19,23H,6-11H2,1H3/t14-,19?/m0/s1. The third kappa shape index (κ3) is 4.69. The third-order valence-electron chi connectivity index (χ3n) is 5.77. The summed E-state index contributed by atoms with van der Waals surface area (Å²) in [6.45, 7) is 3.42. The minimum atomic E-state index is -3.90. The fourth-order valence-corrected chi connectivity index (χ4v) is 6.34. The van der Waals surface area contributed by atoms with Crippen molar-refractivity contribution >= 4 is 56.0 Å². The molecule has 4 rings (SSSR count). The second-order valence-electron chi connectivity index (χ2n) is 7.76. The van der Waals surface area contributed by atoms with Crippen LogP contribution in [0.1, 0.15) is 13.3 Å². The number of sulfonamides is 1. The van der Waals surface area contributed by atoms with Crippen LogP contribution in [0, 0.1) is 0 Å². The molecule has 2 fully saturated rings. The molecule has 7 nitrogen and oxygen atoms in total. The van der Waals surface area contributed by atoms with E-state index in [9.17, 15) is 18.0 Å². The topological polar surface area (TPSA) is 86.8 Å². The number of nitrogens with zero attached hydrogens (tertiary/aromatic N) is 2. The van der Waals surface area contributed by atoms with Crippen LogP contribution in [0.3, 0.4) is 0 Å². The molecule has 2 heterocycles. The molecule has 2 aromatic carbocycles. The number of carbonyl (C=O) groups is 2. The summed E-state index contributed by atoms with van der Waals surface area (Å²) in [5.41, 5.74) is 0. The maximum absolute atomic E-state index is 12.9. The van der Waals surface area contributed by atoms with Crippen LogP contribution in [0.4, 0.5) is 0 Å². The summed E-state index contributed by atoms with van der Waals surface area (Å²) in [5.74, 6) is 1.35. The molecule has 10 heteroatoms. The first kappa shape index (κ1) is 22.4. The maximum Gasteiger partial charge on any atom is 0.245 e. The van der Waals surface area contributed by atoms with E-state index in [-0.39, 0.29) is 16.7 Å². The van der Waals surface area contributed by atoms with Crippen LogP contribution in [0.5, 0.6) is 0 Å². The number of benzene rings is 2. The highest BCUT2D eigenvalue weighted by Crippen LogP contribution is 2.24. The summed E-state index contributed by atoms with van der Waals surface area (Å²) in [5, 5.41) is 2.15. The van der Waals surface area contributed by atoms with Crippen LogP contribution in [0.2, 0.25) is 5.02 Å². The Bertz CT molecular complexity index is 1120. The molecule has 1 unspecified atom stereocenters. The van der Waals surface area contributed by atoms with Gasteiger partial charge in [-0.3, -0.25) is 9.59 Å². The molecule has 0 bridgehead atoms. The van der Waals surface area contributed by atoms with Crippen molar-refractivity contribution in [2.24, 2.45) is 0 Å². The molecule has 1 N–H and O–H groups in total. The van der Waals surface area contributed by atoms with Crippen molar-refractivity contribution in [3.05, 3.63) is 41.4 Å². The van der Waals surface area contributed by atoms with Crippen LogP contribution in [0.15, 0.2) is 41.3 Å². The highest BCUT2D eigenvalue weighted by Gasteiger charge is 2.40. The lowest BCUT2D eigenvalue weighted by Crippen LogP contribution is -2.51. The number of halogens is 1. The zero-order chi connectivity index (χ0) is 22.2. The van der Waals surface area contributed by atoms with Crippen molar-refractivity contribution < 1.29 is 18.0 Å². The Morgan fingerprint density at radius 2 is 1.81 bits per heavy atom. The summed E-state index contributed by atoms with van der Waals surface area (Å²) in [4.78, 5) is 29.0. The Labute approximate surface area is 191 Å². The van der Waals surface area contributed by atoms with E-state index >= 15 is 0 Å². The molecule has 2 aliphatic heterocycles. The number of thioether (sulfide) groups is 1. The van der Waals surface area contributed by atoms with Crippen LogP contribution >= 0.6 is 23.4 Å². The minimum absolute atomic E-state index is 0.0784. The lowest BCUT2D eigenvalue weighted by atomic mass is 10.1. The largest absolute Gasteiger partial charge is 0.339 e. The predicted molar refractivity (Wildman–Crippen MR) is 123 cm³/mol. The fraction of sp³-hybridized carbons (Fsp3) is 0.429. The molecule has 0 aromatic heterocycles. The predicted octanol–water partition coefficient (Wildman–Crippen LogP) is 2.34. The smallest absolute Gasteiger partial charge is 0.245 e. The second-order valence-corrected chi connectivity index (χ2v) is 11.1. The lowest BCUT2D eigenvalue weighted by Gasteiger charge is -2.32. The number of likely N-dealkylation sites (tertiary alicyclic amines) is 1. The second kappa shape index (κ2) is 8.97. The Kier molecular flexibility index (Phi) is 6.48. The van der Waals surface area contributed by atoms with Gasteiger partial charge in [0, 0.05) is 36.2 Å². The monoisotopic (exact) mass is 481 g/mol. The fourth-order valence-electron chi connectivity index (χ4n) is 3.99. The van der Waals surface area contributed by atoms with Gasteiger partial charge in [0.05, 0.1) is 4.90 Å². The van der Waals surface area contributed by atoms with E-state index in [1.807, 2.05) is 11.8 Å². The molecular formula is C21H24ClN3O4S2. The SMILES string of the molecule is C[C@@H](C(=O)N1CCSCC1)N1CCC(NS(=O)(=O)c2ccc3cc(Cl)ccc3c2)C1=O.